The van der Waals surface area contributed by atoms with Crippen LogP contribution in [0.25, 0.3) is 0 Å². The maximum atomic E-state index is 13.2. The van der Waals surface area contributed by atoms with Gasteiger partial charge in [-0.3, -0.25) is 14.4 Å². The number of allylic oxidation sites excluding steroid dienone is 8. The Hall–Kier alpha value is -3.32. The molecule has 0 amide bonds. The van der Waals surface area contributed by atoms with Crippen molar-refractivity contribution >= 4 is 23.9 Å². The van der Waals surface area contributed by atoms with E-state index >= 15 is 0 Å². The first kappa shape index (κ1) is 71.7. The number of unbranched alkanes of at least 4 members (excludes halogenated alkanes) is 32. The maximum absolute atomic E-state index is 13.2. The summed E-state index contributed by atoms with van der Waals surface area (Å²) >= 11 is 0. The predicted octanol–water partition coefficient (Wildman–Crippen LogP) is 16.6. The fourth-order valence-corrected chi connectivity index (χ4v) is 9.60. The first-order valence-corrected chi connectivity index (χ1v) is 31.6. The quantitative estimate of drug-likeness (QED) is 0.0228. The molecule has 6 atom stereocenters. The van der Waals surface area contributed by atoms with Gasteiger partial charge in [-0.15, -0.1) is 0 Å². The lowest BCUT2D eigenvalue weighted by Gasteiger charge is -2.40. The summed E-state index contributed by atoms with van der Waals surface area (Å²) in [4.78, 5) is 51.1. The summed E-state index contributed by atoms with van der Waals surface area (Å²) in [5.41, 5.74) is 0. The molecule has 6 unspecified atom stereocenters. The molecule has 0 radical (unpaired) electrons. The van der Waals surface area contributed by atoms with Gasteiger partial charge in [0.2, 0.25) is 0 Å². The lowest BCUT2D eigenvalue weighted by Crippen LogP contribution is -2.61. The van der Waals surface area contributed by atoms with Crippen LogP contribution in [0.1, 0.15) is 290 Å². The number of carbonyl (C=O) groups excluding carboxylic acids is 3. The second-order valence-corrected chi connectivity index (χ2v) is 21.7. The van der Waals surface area contributed by atoms with Gasteiger partial charge in [-0.2, -0.15) is 0 Å². The van der Waals surface area contributed by atoms with E-state index in [4.69, 9.17) is 23.7 Å². The van der Waals surface area contributed by atoms with Gasteiger partial charge in [0.05, 0.1) is 6.61 Å². The zero-order chi connectivity index (χ0) is 56.1. The second kappa shape index (κ2) is 53.3. The lowest BCUT2D eigenvalue weighted by atomic mass is 9.98. The van der Waals surface area contributed by atoms with Gasteiger partial charge in [0.25, 0.3) is 0 Å². The number of carboxylic acids is 1. The third-order valence-corrected chi connectivity index (χ3v) is 14.4. The number of carboxylic acid groups (broad SMARTS) is 1. The van der Waals surface area contributed by atoms with E-state index in [9.17, 15) is 34.5 Å². The first-order chi connectivity index (χ1) is 37.6. The summed E-state index contributed by atoms with van der Waals surface area (Å²) in [7, 11) is 0. The predicted molar refractivity (Wildman–Crippen MR) is 312 cm³/mol. The number of aliphatic hydroxyl groups excluding tert-OH is 2. The third-order valence-electron chi connectivity index (χ3n) is 14.4. The maximum Gasteiger partial charge on any atom is 0.335 e. The molecule has 0 aromatic heterocycles. The normalized spacial score (nSPS) is 18.3. The Balaban J connectivity index is 2.62. The van der Waals surface area contributed by atoms with Gasteiger partial charge in [-0.1, -0.05) is 262 Å². The average molecular weight is 1090 g/mol. The van der Waals surface area contributed by atoms with Crippen LogP contribution in [0.15, 0.2) is 48.6 Å². The van der Waals surface area contributed by atoms with Gasteiger partial charge in [0, 0.05) is 19.3 Å². The minimum Gasteiger partial charge on any atom is -0.479 e. The van der Waals surface area contributed by atoms with Crippen molar-refractivity contribution in [3.05, 3.63) is 48.6 Å². The minimum absolute atomic E-state index is 0.0621. The molecule has 1 heterocycles. The van der Waals surface area contributed by atoms with E-state index in [-0.39, 0.29) is 25.9 Å². The van der Waals surface area contributed by atoms with E-state index in [1.54, 1.807) is 0 Å². The highest BCUT2D eigenvalue weighted by molar-refractivity contribution is 5.74. The summed E-state index contributed by atoms with van der Waals surface area (Å²) in [6, 6.07) is 0. The molecule has 446 valence electrons. The van der Waals surface area contributed by atoms with Crippen molar-refractivity contribution in [3.63, 3.8) is 0 Å². The molecule has 3 N–H and O–H groups in total. The molecular formula is C65H114O12. The summed E-state index contributed by atoms with van der Waals surface area (Å²) in [5.74, 6) is -3.11. The molecule has 1 aliphatic heterocycles. The summed E-state index contributed by atoms with van der Waals surface area (Å²) in [6.45, 7) is 5.87. The van der Waals surface area contributed by atoms with E-state index in [0.29, 0.717) is 19.3 Å². The van der Waals surface area contributed by atoms with Gasteiger partial charge < -0.3 is 39.0 Å². The zero-order valence-electron chi connectivity index (χ0n) is 49.2. The highest BCUT2D eigenvalue weighted by Gasteiger charge is 2.50. The topological polar surface area (TPSA) is 175 Å². The number of ether oxygens (including phenoxy) is 5. The van der Waals surface area contributed by atoms with Crippen molar-refractivity contribution in [2.75, 3.05) is 13.2 Å². The standard InChI is InChI=1S/C65H114O12/c1-4-7-10-13-16-19-21-23-25-27-29-31-33-35-37-40-42-45-48-51-57(66)73-54-56(75-58(67)52-49-46-44-41-38-36-34-32-30-28-26-24-22-20-17-14-11-8-5-2)55-74-65-63(61(70)60(69)62(77-65)64(71)72)76-59(68)53-50-47-43-39-18-15-12-9-6-3/h7,10,16,19,23,25,29,31,56,60-63,65,69-70H,4-6,8-9,11-15,17-18,20-22,24,26-28,30,32-55H2,1-3H3,(H,71,72)/b10-7-,19-16-,25-23-,31-29-. The van der Waals surface area contributed by atoms with Crippen LogP contribution >= 0.6 is 0 Å². The number of esters is 3. The van der Waals surface area contributed by atoms with Crippen LogP contribution in [0, 0.1) is 0 Å². The molecule has 1 aliphatic rings. The van der Waals surface area contributed by atoms with Crippen LogP contribution in [0.2, 0.25) is 0 Å². The Morgan fingerprint density at radius 1 is 0.442 bits per heavy atom. The van der Waals surface area contributed by atoms with Crippen LogP contribution < -0.4 is 0 Å². The Bertz CT molecular complexity index is 1520. The molecule has 12 nitrogen and oxygen atoms in total. The largest absolute Gasteiger partial charge is 0.479 e. The summed E-state index contributed by atoms with van der Waals surface area (Å²) in [5, 5.41) is 31.4. The number of rotatable bonds is 54. The molecule has 0 bridgehead atoms. The summed E-state index contributed by atoms with van der Waals surface area (Å²) in [6.07, 6.45) is 52.4. The van der Waals surface area contributed by atoms with Gasteiger partial charge in [-0.05, 0) is 57.8 Å². The van der Waals surface area contributed by atoms with E-state index in [1.165, 1.54) is 122 Å². The molecule has 0 saturated carbocycles. The molecule has 1 rings (SSSR count). The van der Waals surface area contributed by atoms with Crippen LogP contribution in [-0.4, -0.2) is 89.2 Å². The molecule has 12 heteroatoms. The van der Waals surface area contributed by atoms with Crippen LogP contribution in [0.5, 0.6) is 0 Å². The molecule has 0 spiro atoms. The van der Waals surface area contributed by atoms with Gasteiger partial charge in [-0.25, -0.2) is 4.79 Å². The SMILES string of the molecule is CC/C=C\C/C=C\C/C=C\C/C=C\CCCCCCCCC(=O)OCC(COC1OC(C(=O)O)C(O)C(O)C1OC(=O)CCCCCCCCCCC)OC(=O)CCCCCCCCCCCCCCCCCCCCC. The molecule has 0 aromatic carbocycles. The van der Waals surface area contributed by atoms with E-state index in [1.807, 2.05) is 0 Å². The Labute approximate surface area is 469 Å². The molecular weight excluding hydrogens is 973 g/mol. The number of aliphatic carboxylic acids is 1. The molecule has 1 fully saturated rings. The third kappa shape index (κ3) is 43.2. The van der Waals surface area contributed by atoms with Crippen LogP contribution in [0.4, 0.5) is 0 Å². The first-order valence-electron chi connectivity index (χ1n) is 31.6. The van der Waals surface area contributed by atoms with Gasteiger partial charge in [0.1, 0.15) is 18.8 Å². The number of hydrogen-bond donors (Lipinski definition) is 3. The van der Waals surface area contributed by atoms with Crippen molar-refractivity contribution in [1.29, 1.82) is 0 Å². The number of aliphatic hydroxyl groups is 2. The highest BCUT2D eigenvalue weighted by Crippen LogP contribution is 2.27. The van der Waals surface area contributed by atoms with Crippen molar-refractivity contribution in [3.8, 4) is 0 Å². The fourth-order valence-electron chi connectivity index (χ4n) is 9.60. The molecule has 77 heavy (non-hydrogen) atoms. The lowest BCUT2D eigenvalue weighted by molar-refractivity contribution is -0.301. The summed E-state index contributed by atoms with van der Waals surface area (Å²) < 4.78 is 28.5. The Morgan fingerprint density at radius 3 is 1.25 bits per heavy atom. The van der Waals surface area contributed by atoms with Crippen LogP contribution in [0.3, 0.4) is 0 Å². The van der Waals surface area contributed by atoms with E-state index in [0.717, 1.165) is 109 Å². The second-order valence-electron chi connectivity index (χ2n) is 21.7. The van der Waals surface area contributed by atoms with Crippen molar-refractivity contribution < 1.29 is 58.2 Å². The van der Waals surface area contributed by atoms with E-state index in [2.05, 4.69) is 69.4 Å². The zero-order valence-corrected chi connectivity index (χ0v) is 49.2. The van der Waals surface area contributed by atoms with E-state index < -0.39 is 67.3 Å². The Kier molecular flexibility index (Phi) is 49.7. The number of carbonyl (C=O) groups is 4. The fraction of sp³-hybridized carbons (Fsp3) is 0.815. The minimum atomic E-state index is -1.90. The monoisotopic (exact) mass is 1090 g/mol. The van der Waals surface area contributed by atoms with Crippen molar-refractivity contribution in [2.45, 2.75) is 327 Å². The highest BCUT2D eigenvalue weighted by atomic mass is 16.7. The molecule has 1 saturated heterocycles. The average Bonchev–Trinajstić information content (AvgIpc) is 3.42. The van der Waals surface area contributed by atoms with Crippen LogP contribution in [-0.2, 0) is 42.9 Å². The molecule has 0 aromatic rings. The number of hydrogen-bond acceptors (Lipinski definition) is 11. The Morgan fingerprint density at radius 2 is 0.818 bits per heavy atom. The van der Waals surface area contributed by atoms with Gasteiger partial charge >= 0.3 is 23.9 Å². The van der Waals surface area contributed by atoms with Crippen molar-refractivity contribution in [2.24, 2.45) is 0 Å². The van der Waals surface area contributed by atoms with Crippen molar-refractivity contribution in [1.82, 2.24) is 0 Å². The van der Waals surface area contributed by atoms with Gasteiger partial charge in [0.15, 0.2) is 24.6 Å². The molecule has 0 aliphatic carbocycles. The smallest absolute Gasteiger partial charge is 0.335 e.